The average Bonchev–Trinajstić information content (AvgIpc) is 2.30. The summed E-state index contributed by atoms with van der Waals surface area (Å²) in [6.07, 6.45) is 0.725. The summed E-state index contributed by atoms with van der Waals surface area (Å²) in [5.74, 6) is -2.35. The third-order valence-electron chi connectivity index (χ3n) is 2.21. The Balaban J connectivity index is 2.64. The second-order valence-electron chi connectivity index (χ2n) is 3.84. The molecule has 0 aliphatic carbocycles. The van der Waals surface area contributed by atoms with Crippen molar-refractivity contribution in [2.75, 3.05) is 6.61 Å². The first-order valence-electron chi connectivity index (χ1n) is 4.41. The van der Waals surface area contributed by atoms with Crippen molar-refractivity contribution >= 4 is 11.9 Å². The summed E-state index contributed by atoms with van der Waals surface area (Å²) in [5, 5.41) is 8.77. The van der Waals surface area contributed by atoms with Crippen molar-refractivity contribution in [1.29, 1.82) is 0 Å². The maximum Gasteiger partial charge on any atom is 0.320 e. The van der Waals surface area contributed by atoms with Crippen molar-refractivity contribution < 1.29 is 19.4 Å². The summed E-state index contributed by atoms with van der Waals surface area (Å²) in [6.45, 7) is 4.26. The highest BCUT2D eigenvalue weighted by Crippen LogP contribution is 2.28. The summed E-state index contributed by atoms with van der Waals surface area (Å²) >= 11 is 0. The molecule has 13 heavy (non-hydrogen) atoms. The van der Waals surface area contributed by atoms with Crippen LogP contribution in [-0.2, 0) is 14.3 Å². The average molecular weight is 186 g/mol. The summed E-state index contributed by atoms with van der Waals surface area (Å²) in [4.78, 5) is 21.7. The van der Waals surface area contributed by atoms with Crippen LogP contribution in [0.4, 0.5) is 0 Å². The van der Waals surface area contributed by atoms with E-state index in [-0.39, 0.29) is 12.5 Å². The molecular formula is C9H14O4. The molecule has 0 spiro atoms. The molecule has 2 atom stereocenters. The Morgan fingerprint density at radius 1 is 1.69 bits per heavy atom. The SMILES string of the molecule is CC(C)CC1COC(=O)C1C(=O)O. The fraction of sp³-hybridized carbons (Fsp3) is 0.778. The molecule has 0 bridgehead atoms. The van der Waals surface area contributed by atoms with E-state index in [0.717, 1.165) is 6.42 Å². The lowest BCUT2D eigenvalue weighted by Crippen LogP contribution is -2.26. The summed E-state index contributed by atoms with van der Waals surface area (Å²) in [5.41, 5.74) is 0. The van der Waals surface area contributed by atoms with Crippen molar-refractivity contribution in [1.82, 2.24) is 0 Å². The van der Waals surface area contributed by atoms with Crippen LogP contribution in [0.25, 0.3) is 0 Å². The summed E-state index contributed by atoms with van der Waals surface area (Å²) < 4.78 is 4.72. The van der Waals surface area contributed by atoms with E-state index in [9.17, 15) is 9.59 Å². The largest absolute Gasteiger partial charge is 0.481 e. The van der Waals surface area contributed by atoms with E-state index in [1.807, 2.05) is 13.8 Å². The topological polar surface area (TPSA) is 63.6 Å². The molecule has 4 nitrogen and oxygen atoms in total. The molecule has 1 heterocycles. The lowest BCUT2D eigenvalue weighted by Gasteiger charge is -2.12. The van der Waals surface area contributed by atoms with E-state index < -0.39 is 17.9 Å². The molecule has 4 heteroatoms. The third kappa shape index (κ3) is 2.20. The Labute approximate surface area is 76.9 Å². The van der Waals surface area contributed by atoms with Crippen LogP contribution in [0, 0.1) is 17.8 Å². The van der Waals surface area contributed by atoms with Crippen LogP contribution in [0.3, 0.4) is 0 Å². The molecule has 0 aromatic rings. The van der Waals surface area contributed by atoms with E-state index in [0.29, 0.717) is 5.92 Å². The number of cyclic esters (lactones) is 1. The number of carboxylic acid groups (broad SMARTS) is 1. The predicted octanol–water partition coefficient (Wildman–Crippen LogP) is 0.906. The van der Waals surface area contributed by atoms with Crippen LogP contribution in [-0.4, -0.2) is 23.7 Å². The van der Waals surface area contributed by atoms with Gasteiger partial charge >= 0.3 is 11.9 Å². The smallest absolute Gasteiger partial charge is 0.320 e. The number of esters is 1. The molecule has 74 valence electrons. The molecule has 0 aromatic carbocycles. The molecule has 1 fully saturated rings. The minimum Gasteiger partial charge on any atom is -0.481 e. The number of carbonyl (C=O) groups is 2. The van der Waals surface area contributed by atoms with E-state index in [2.05, 4.69) is 0 Å². The third-order valence-corrected chi connectivity index (χ3v) is 2.21. The molecule has 2 unspecified atom stereocenters. The van der Waals surface area contributed by atoms with Crippen LogP contribution in [0.1, 0.15) is 20.3 Å². The molecule has 1 saturated heterocycles. The van der Waals surface area contributed by atoms with Gasteiger partial charge < -0.3 is 9.84 Å². The Bertz CT molecular complexity index is 222. The number of hydrogen-bond donors (Lipinski definition) is 1. The summed E-state index contributed by atoms with van der Waals surface area (Å²) in [6, 6.07) is 0. The van der Waals surface area contributed by atoms with Gasteiger partial charge in [0.05, 0.1) is 6.61 Å². The van der Waals surface area contributed by atoms with E-state index in [4.69, 9.17) is 9.84 Å². The van der Waals surface area contributed by atoms with E-state index >= 15 is 0 Å². The van der Waals surface area contributed by atoms with E-state index in [1.165, 1.54) is 0 Å². The zero-order chi connectivity index (χ0) is 10.0. The minimum absolute atomic E-state index is 0.148. The molecule has 0 aromatic heterocycles. The predicted molar refractivity (Wildman–Crippen MR) is 45.0 cm³/mol. The van der Waals surface area contributed by atoms with Gasteiger partial charge in [0.1, 0.15) is 0 Å². The first-order chi connectivity index (χ1) is 6.02. The fourth-order valence-corrected chi connectivity index (χ4v) is 1.68. The van der Waals surface area contributed by atoms with Gasteiger partial charge in [0.2, 0.25) is 0 Å². The van der Waals surface area contributed by atoms with Gasteiger partial charge in [-0.3, -0.25) is 9.59 Å². The minimum atomic E-state index is -1.06. The van der Waals surface area contributed by atoms with Gasteiger partial charge in [0.15, 0.2) is 5.92 Å². The fourth-order valence-electron chi connectivity index (χ4n) is 1.68. The van der Waals surface area contributed by atoms with E-state index in [1.54, 1.807) is 0 Å². The van der Waals surface area contributed by atoms with Gasteiger partial charge in [0.25, 0.3) is 0 Å². The van der Waals surface area contributed by atoms with Gasteiger partial charge in [-0.1, -0.05) is 13.8 Å². The zero-order valence-electron chi connectivity index (χ0n) is 7.82. The molecule has 0 radical (unpaired) electrons. The monoisotopic (exact) mass is 186 g/mol. The molecule has 1 aliphatic rings. The number of carbonyl (C=O) groups excluding carboxylic acids is 1. The van der Waals surface area contributed by atoms with Gasteiger partial charge in [-0.05, 0) is 12.3 Å². The van der Waals surface area contributed by atoms with Crippen LogP contribution >= 0.6 is 0 Å². The molecular weight excluding hydrogens is 172 g/mol. The first-order valence-corrected chi connectivity index (χ1v) is 4.41. The highest BCUT2D eigenvalue weighted by molar-refractivity contribution is 5.95. The zero-order valence-corrected chi connectivity index (χ0v) is 7.82. The molecule has 1 rings (SSSR count). The normalized spacial score (nSPS) is 27.8. The highest BCUT2D eigenvalue weighted by Gasteiger charge is 2.42. The standard InChI is InChI=1S/C9H14O4/c1-5(2)3-6-4-13-9(12)7(6)8(10)11/h5-7H,3-4H2,1-2H3,(H,10,11). The number of carboxylic acids is 1. The second-order valence-corrected chi connectivity index (χ2v) is 3.84. The summed E-state index contributed by atoms with van der Waals surface area (Å²) in [7, 11) is 0. The van der Waals surface area contributed by atoms with Crippen LogP contribution in [0.15, 0.2) is 0 Å². The lowest BCUT2D eigenvalue weighted by molar-refractivity contribution is -0.152. The van der Waals surface area contributed by atoms with Crippen molar-refractivity contribution in [2.45, 2.75) is 20.3 Å². The number of rotatable bonds is 3. The van der Waals surface area contributed by atoms with Gasteiger partial charge in [-0.15, -0.1) is 0 Å². The first kappa shape index (κ1) is 10.0. The van der Waals surface area contributed by atoms with Gasteiger partial charge in [0, 0.05) is 5.92 Å². The van der Waals surface area contributed by atoms with Crippen molar-refractivity contribution in [3.63, 3.8) is 0 Å². The van der Waals surface area contributed by atoms with Crippen LogP contribution < -0.4 is 0 Å². The highest BCUT2D eigenvalue weighted by atomic mass is 16.5. The molecule has 1 N–H and O–H groups in total. The van der Waals surface area contributed by atoms with Crippen LogP contribution in [0.2, 0.25) is 0 Å². The van der Waals surface area contributed by atoms with Gasteiger partial charge in [-0.2, -0.15) is 0 Å². The lowest BCUT2D eigenvalue weighted by atomic mass is 9.88. The number of aliphatic carboxylic acids is 1. The Hall–Kier alpha value is -1.06. The number of ether oxygens (including phenoxy) is 1. The van der Waals surface area contributed by atoms with Crippen molar-refractivity contribution in [3.8, 4) is 0 Å². The molecule has 0 amide bonds. The molecule has 0 saturated carbocycles. The van der Waals surface area contributed by atoms with Gasteiger partial charge in [-0.25, -0.2) is 0 Å². The maximum absolute atomic E-state index is 11.0. The number of hydrogen-bond acceptors (Lipinski definition) is 3. The Morgan fingerprint density at radius 3 is 2.77 bits per heavy atom. The Kier molecular flexibility index (Phi) is 2.90. The van der Waals surface area contributed by atoms with Crippen LogP contribution in [0.5, 0.6) is 0 Å². The van der Waals surface area contributed by atoms with Crippen molar-refractivity contribution in [2.24, 2.45) is 17.8 Å². The van der Waals surface area contributed by atoms with Crippen molar-refractivity contribution in [3.05, 3.63) is 0 Å². The maximum atomic E-state index is 11.0. The second kappa shape index (κ2) is 3.77. The Morgan fingerprint density at radius 2 is 2.31 bits per heavy atom. The molecule has 1 aliphatic heterocycles. The quantitative estimate of drug-likeness (QED) is 0.525.